The fourth-order valence-corrected chi connectivity index (χ4v) is 4.40. The van der Waals surface area contributed by atoms with Gasteiger partial charge in [0.25, 0.3) is 0 Å². The summed E-state index contributed by atoms with van der Waals surface area (Å²) in [5.74, 6) is 6.24. The number of nitrogens with zero attached hydrogens (tertiary/aromatic N) is 1. The third-order valence-corrected chi connectivity index (χ3v) is 6.34. The van der Waals surface area contributed by atoms with Crippen molar-refractivity contribution >= 4 is 34.7 Å². The average molecular weight is 466 g/mol. The first-order valence-corrected chi connectivity index (χ1v) is 12.4. The zero-order valence-corrected chi connectivity index (χ0v) is 20.4. The molecule has 3 heteroatoms. The standard InChI is InChI=1S/C31H28FNS/c1-2-3-4-5-6-23-7-9-24(10-8-23)11-12-25-13-14-27-20-28(16-15-26(27)19-25)29-17-18-31(33-22-34)30(32)21-29/h7-10,13-14,17-21H,2-6,15-16H2,1H3. The maximum absolute atomic E-state index is 14.2. The van der Waals surface area contributed by atoms with Gasteiger partial charge >= 0.3 is 0 Å². The fraction of sp³-hybridized carbons (Fsp3) is 0.258. The molecule has 0 bridgehead atoms. The lowest BCUT2D eigenvalue weighted by Crippen LogP contribution is -2.00. The number of aliphatic imine (C=N–C) groups is 1. The highest BCUT2D eigenvalue weighted by Gasteiger charge is 2.14. The van der Waals surface area contributed by atoms with E-state index in [9.17, 15) is 4.39 Å². The molecule has 1 nitrogen and oxygen atoms in total. The van der Waals surface area contributed by atoms with E-state index in [1.807, 2.05) is 6.07 Å². The van der Waals surface area contributed by atoms with Crippen molar-refractivity contribution in [2.24, 2.45) is 4.99 Å². The van der Waals surface area contributed by atoms with Gasteiger partial charge in [-0.15, -0.1) is 0 Å². The minimum Gasteiger partial charge on any atom is -0.205 e. The van der Waals surface area contributed by atoms with Crippen molar-refractivity contribution < 1.29 is 4.39 Å². The Bertz CT molecular complexity index is 1300. The van der Waals surface area contributed by atoms with Gasteiger partial charge in [0.1, 0.15) is 11.5 Å². The molecule has 3 aromatic carbocycles. The molecule has 0 fully saturated rings. The third kappa shape index (κ3) is 6.17. The van der Waals surface area contributed by atoms with E-state index in [0.717, 1.165) is 41.5 Å². The van der Waals surface area contributed by atoms with Gasteiger partial charge in [0.2, 0.25) is 0 Å². The number of aryl methyl sites for hydroxylation is 2. The van der Waals surface area contributed by atoms with Crippen molar-refractivity contribution in [2.75, 3.05) is 0 Å². The number of halogens is 1. The highest BCUT2D eigenvalue weighted by molar-refractivity contribution is 7.78. The first-order valence-electron chi connectivity index (χ1n) is 12.0. The zero-order chi connectivity index (χ0) is 23.8. The summed E-state index contributed by atoms with van der Waals surface area (Å²) in [4.78, 5) is 3.76. The number of hydrogen-bond acceptors (Lipinski definition) is 2. The molecule has 0 atom stereocenters. The molecular formula is C31H28FNS. The van der Waals surface area contributed by atoms with Gasteiger partial charge in [0.05, 0.1) is 5.16 Å². The maximum Gasteiger partial charge on any atom is 0.150 e. The van der Waals surface area contributed by atoms with Gasteiger partial charge < -0.3 is 0 Å². The Kier molecular flexibility index (Phi) is 8.21. The van der Waals surface area contributed by atoms with Crippen LogP contribution in [0.1, 0.15) is 72.4 Å². The minimum atomic E-state index is -0.378. The largest absolute Gasteiger partial charge is 0.205 e. The van der Waals surface area contributed by atoms with Crippen LogP contribution in [0, 0.1) is 17.7 Å². The van der Waals surface area contributed by atoms with Crippen LogP contribution < -0.4 is 0 Å². The molecule has 4 rings (SSSR count). The Morgan fingerprint density at radius 1 is 0.882 bits per heavy atom. The molecule has 3 aromatic rings. The second-order valence-electron chi connectivity index (χ2n) is 8.71. The molecule has 0 unspecified atom stereocenters. The first kappa shape index (κ1) is 23.8. The van der Waals surface area contributed by atoms with Gasteiger partial charge in [-0.05, 0) is 102 Å². The smallest absolute Gasteiger partial charge is 0.150 e. The average Bonchev–Trinajstić information content (AvgIpc) is 2.87. The predicted molar refractivity (Wildman–Crippen MR) is 144 cm³/mol. The number of isothiocyanates is 1. The van der Waals surface area contributed by atoms with Crippen molar-refractivity contribution in [2.45, 2.75) is 51.9 Å². The molecule has 0 aliphatic heterocycles. The van der Waals surface area contributed by atoms with Crippen molar-refractivity contribution in [3.05, 3.63) is 99.9 Å². The topological polar surface area (TPSA) is 12.4 Å². The highest BCUT2D eigenvalue weighted by atomic mass is 32.1. The van der Waals surface area contributed by atoms with Crippen LogP contribution in [0.3, 0.4) is 0 Å². The second kappa shape index (κ2) is 11.7. The van der Waals surface area contributed by atoms with Crippen LogP contribution in [0.4, 0.5) is 10.1 Å². The fourth-order valence-electron chi connectivity index (χ4n) is 4.30. The van der Waals surface area contributed by atoms with E-state index in [1.165, 1.54) is 48.4 Å². The zero-order valence-electron chi connectivity index (χ0n) is 19.5. The van der Waals surface area contributed by atoms with E-state index in [2.05, 4.69) is 89.7 Å². The quantitative estimate of drug-likeness (QED) is 0.147. The van der Waals surface area contributed by atoms with E-state index in [0.29, 0.717) is 0 Å². The van der Waals surface area contributed by atoms with Gasteiger partial charge in [0.15, 0.2) is 0 Å². The van der Waals surface area contributed by atoms with Gasteiger partial charge in [-0.3, -0.25) is 0 Å². The Balaban J connectivity index is 1.45. The summed E-state index contributed by atoms with van der Waals surface area (Å²) in [6, 6.07) is 20.1. The number of benzene rings is 3. The summed E-state index contributed by atoms with van der Waals surface area (Å²) in [7, 11) is 0. The molecule has 0 amide bonds. The SMILES string of the molecule is CCCCCCc1ccc(C#Cc2ccc3c(c2)CCC(c2ccc(N=C=S)c(F)c2)=C3)cc1. The molecule has 0 saturated heterocycles. The molecule has 0 saturated carbocycles. The summed E-state index contributed by atoms with van der Waals surface area (Å²) in [6.07, 6.45) is 10.2. The van der Waals surface area contributed by atoms with E-state index < -0.39 is 0 Å². The van der Waals surface area contributed by atoms with Gasteiger partial charge in [-0.2, -0.15) is 4.99 Å². The molecule has 0 heterocycles. The summed E-state index contributed by atoms with van der Waals surface area (Å²) in [5.41, 5.74) is 8.12. The van der Waals surface area contributed by atoms with Crippen LogP contribution in [0.15, 0.2) is 65.7 Å². The van der Waals surface area contributed by atoms with Gasteiger partial charge in [0, 0.05) is 11.1 Å². The van der Waals surface area contributed by atoms with E-state index in [4.69, 9.17) is 0 Å². The lowest BCUT2D eigenvalue weighted by molar-refractivity contribution is 0.629. The van der Waals surface area contributed by atoms with Crippen LogP contribution >= 0.6 is 12.2 Å². The Morgan fingerprint density at radius 3 is 2.44 bits per heavy atom. The van der Waals surface area contributed by atoms with Crippen LogP contribution in [0.25, 0.3) is 11.6 Å². The molecule has 34 heavy (non-hydrogen) atoms. The lowest BCUT2D eigenvalue weighted by Gasteiger charge is -2.17. The van der Waals surface area contributed by atoms with Crippen molar-refractivity contribution in [3.8, 4) is 11.8 Å². The van der Waals surface area contributed by atoms with E-state index in [1.54, 1.807) is 6.07 Å². The highest BCUT2D eigenvalue weighted by Crippen LogP contribution is 2.32. The molecule has 1 aliphatic rings. The van der Waals surface area contributed by atoms with Crippen LogP contribution in [-0.2, 0) is 12.8 Å². The van der Waals surface area contributed by atoms with Gasteiger partial charge in [-0.25, -0.2) is 4.39 Å². The monoisotopic (exact) mass is 465 g/mol. The molecule has 0 spiro atoms. The second-order valence-corrected chi connectivity index (χ2v) is 8.89. The Morgan fingerprint density at radius 2 is 1.68 bits per heavy atom. The van der Waals surface area contributed by atoms with Crippen LogP contribution in [-0.4, -0.2) is 5.16 Å². The van der Waals surface area contributed by atoms with Crippen molar-refractivity contribution in [1.82, 2.24) is 0 Å². The predicted octanol–water partition coefficient (Wildman–Crippen LogP) is 8.57. The minimum absolute atomic E-state index is 0.223. The van der Waals surface area contributed by atoms with Crippen LogP contribution in [0.2, 0.25) is 0 Å². The number of rotatable bonds is 7. The molecule has 170 valence electrons. The first-order chi connectivity index (χ1) is 16.7. The number of thiocarbonyl (C=S) groups is 1. The molecule has 0 N–H and O–H groups in total. The molecule has 0 aromatic heterocycles. The third-order valence-electron chi connectivity index (χ3n) is 6.25. The Labute approximate surface area is 207 Å². The molecular weight excluding hydrogens is 437 g/mol. The molecule has 0 radical (unpaired) electrons. The number of unbranched alkanes of at least 4 members (excludes halogenated alkanes) is 3. The number of allylic oxidation sites excluding steroid dienone is 1. The normalized spacial score (nSPS) is 12.1. The molecule has 1 aliphatic carbocycles. The summed E-state index contributed by atoms with van der Waals surface area (Å²) < 4.78 is 14.2. The summed E-state index contributed by atoms with van der Waals surface area (Å²) >= 11 is 4.57. The summed E-state index contributed by atoms with van der Waals surface area (Å²) in [5, 5.41) is 2.22. The number of hydrogen-bond donors (Lipinski definition) is 0. The van der Waals surface area contributed by atoms with Crippen molar-refractivity contribution in [3.63, 3.8) is 0 Å². The maximum atomic E-state index is 14.2. The van der Waals surface area contributed by atoms with Crippen LogP contribution in [0.5, 0.6) is 0 Å². The lowest BCUT2D eigenvalue weighted by atomic mass is 9.88. The van der Waals surface area contributed by atoms with E-state index >= 15 is 0 Å². The van der Waals surface area contributed by atoms with Crippen molar-refractivity contribution in [1.29, 1.82) is 0 Å². The van der Waals surface area contributed by atoms with Gasteiger partial charge in [-0.1, -0.05) is 68.4 Å². The number of fused-ring (bicyclic) bond motifs is 1. The Hall–Kier alpha value is -3.31. The van der Waals surface area contributed by atoms with E-state index in [-0.39, 0.29) is 11.5 Å². The summed E-state index contributed by atoms with van der Waals surface area (Å²) in [6.45, 7) is 2.24.